The largest absolute Gasteiger partial charge is 0.497 e. The molecule has 0 radical (unpaired) electrons. The molecule has 38 heavy (non-hydrogen) atoms. The monoisotopic (exact) mass is 525 g/mol. The number of carbonyl (C=O) groups is 3. The molecule has 0 spiro atoms. The molecule has 0 aliphatic rings. The van der Waals surface area contributed by atoms with Crippen LogP contribution in [0.2, 0.25) is 0 Å². The molecule has 0 fully saturated rings. The summed E-state index contributed by atoms with van der Waals surface area (Å²) in [5, 5.41) is 22.0. The molecular formula is C25H27N5O8. The first kappa shape index (κ1) is 27.8. The summed E-state index contributed by atoms with van der Waals surface area (Å²) in [6, 6.07) is 10.4. The third-order valence-corrected chi connectivity index (χ3v) is 4.99. The Labute approximate surface area is 217 Å². The van der Waals surface area contributed by atoms with Gasteiger partial charge in [0.25, 0.3) is 5.69 Å². The number of ether oxygens (including phenoxy) is 3. The van der Waals surface area contributed by atoms with Crippen molar-refractivity contribution in [1.82, 2.24) is 15.0 Å². The van der Waals surface area contributed by atoms with Crippen LogP contribution in [0.25, 0.3) is 0 Å². The Morgan fingerprint density at radius 3 is 2.37 bits per heavy atom. The van der Waals surface area contributed by atoms with Crippen molar-refractivity contribution in [2.24, 2.45) is 0 Å². The van der Waals surface area contributed by atoms with E-state index in [0.29, 0.717) is 5.75 Å². The Hall–Kier alpha value is -4.81. The molecule has 0 atom stereocenters. The van der Waals surface area contributed by atoms with E-state index >= 15 is 0 Å². The van der Waals surface area contributed by atoms with Crippen LogP contribution >= 0.6 is 0 Å². The van der Waals surface area contributed by atoms with Crippen LogP contribution in [0.5, 0.6) is 5.75 Å². The molecule has 3 aromatic rings. The van der Waals surface area contributed by atoms with Crippen LogP contribution in [0.15, 0.2) is 42.5 Å². The van der Waals surface area contributed by atoms with Crippen LogP contribution in [0.1, 0.15) is 59.8 Å². The van der Waals surface area contributed by atoms with Crippen LogP contribution < -0.4 is 10.1 Å². The van der Waals surface area contributed by atoms with E-state index in [4.69, 9.17) is 14.2 Å². The zero-order chi connectivity index (χ0) is 28.0. The van der Waals surface area contributed by atoms with Gasteiger partial charge in [0.15, 0.2) is 11.4 Å². The number of amides is 1. The third-order valence-electron chi connectivity index (χ3n) is 4.99. The molecule has 13 heteroatoms. The summed E-state index contributed by atoms with van der Waals surface area (Å²) in [7, 11) is 1.53. The quantitative estimate of drug-likeness (QED) is 0.187. The molecule has 0 bridgehead atoms. The summed E-state index contributed by atoms with van der Waals surface area (Å²) >= 11 is 0. The molecule has 0 saturated carbocycles. The second-order valence-corrected chi connectivity index (χ2v) is 8.96. The molecule has 0 aliphatic heterocycles. The van der Waals surface area contributed by atoms with Crippen molar-refractivity contribution < 1.29 is 33.5 Å². The van der Waals surface area contributed by atoms with Crippen LogP contribution in [0.3, 0.4) is 0 Å². The maximum Gasteiger partial charge on any atom is 0.412 e. The zero-order valence-electron chi connectivity index (χ0n) is 21.5. The first-order chi connectivity index (χ1) is 17.9. The van der Waals surface area contributed by atoms with Crippen molar-refractivity contribution in [2.75, 3.05) is 19.0 Å². The third kappa shape index (κ3) is 6.69. The highest BCUT2D eigenvalue weighted by atomic mass is 16.6. The number of nitro groups is 1. The smallest absolute Gasteiger partial charge is 0.412 e. The van der Waals surface area contributed by atoms with E-state index < -0.39 is 39.8 Å². The molecule has 0 saturated heterocycles. The molecule has 1 N–H and O–H groups in total. The summed E-state index contributed by atoms with van der Waals surface area (Å²) in [4.78, 5) is 49.3. The minimum absolute atomic E-state index is 0.0192. The lowest BCUT2D eigenvalue weighted by atomic mass is 10.0. The van der Waals surface area contributed by atoms with Crippen molar-refractivity contribution in [3.8, 4) is 5.75 Å². The summed E-state index contributed by atoms with van der Waals surface area (Å²) in [5.74, 6) is -1.14. The fourth-order valence-corrected chi connectivity index (χ4v) is 3.38. The lowest BCUT2D eigenvalue weighted by Gasteiger charge is -2.19. The van der Waals surface area contributed by atoms with Gasteiger partial charge in [-0.25, -0.2) is 14.3 Å². The number of nitrogens with zero attached hydrogens (tertiary/aromatic N) is 4. The molecule has 13 nitrogen and oxygen atoms in total. The number of rotatable bonds is 9. The van der Waals surface area contributed by atoms with Crippen LogP contribution in [0.4, 0.5) is 16.2 Å². The predicted molar refractivity (Wildman–Crippen MR) is 134 cm³/mol. The van der Waals surface area contributed by atoms with E-state index in [0.717, 1.165) is 17.7 Å². The van der Waals surface area contributed by atoms with Crippen LogP contribution in [-0.2, 0) is 16.0 Å². The number of hydrogen-bond acceptors (Lipinski definition) is 10. The van der Waals surface area contributed by atoms with Gasteiger partial charge in [0, 0.05) is 6.07 Å². The van der Waals surface area contributed by atoms with E-state index in [1.807, 2.05) is 0 Å². The van der Waals surface area contributed by atoms with Gasteiger partial charge in [0.2, 0.25) is 5.78 Å². The topological polar surface area (TPSA) is 165 Å². The lowest BCUT2D eigenvalue weighted by molar-refractivity contribution is -0.385. The van der Waals surface area contributed by atoms with Gasteiger partial charge in [0.05, 0.1) is 30.9 Å². The van der Waals surface area contributed by atoms with Crippen LogP contribution in [0, 0.1) is 10.1 Å². The van der Waals surface area contributed by atoms with Gasteiger partial charge in [-0.2, -0.15) is 0 Å². The molecular weight excluding hydrogens is 498 g/mol. The number of anilines is 1. The Kier molecular flexibility index (Phi) is 8.40. The maximum atomic E-state index is 13.4. The molecule has 3 rings (SSSR count). The molecule has 200 valence electrons. The molecule has 0 unspecified atom stereocenters. The molecule has 1 heterocycles. The summed E-state index contributed by atoms with van der Waals surface area (Å²) in [6.07, 6.45) is -0.822. The number of hydrogen-bond donors (Lipinski definition) is 1. The molecule has 1 aromatic heterocycles. The minimum Gasteiger partial charge on any atom is -0.497 e. The van der Waals surface area contributed by atoms with Crippen molar-refractivity contribution >= 4 is 29.2 Å². The van der Waals surface area contributed by atoms with Gasteiger partial charge in [-0.3, -0.25) is 20.2 Å². The lowest BCUT2D eigenvalue weighted by Crippen LogP contribution is -2.27. The van der Waals surface area contributed by atoms with E-state index in [1.165, 1.54) is 17.9 Å². The van der Waals surface area contributed by atoms with E-state index in [2.05, 4.69) is 15.6 Å². The molecule has 2 aromatic carbocycles. The highest BCUT2D eigenvalue weighted by Crippen LogP contribution is 2.27. The zero-order valence-corrected chi connectivity index (χ0v) is 21.5. The Bertz CT molecular complexity index is 1360. The molecule has 0 aliphatic carbocycles. The van der Waals surface area contributed by atoms with Gasteiger partial charge in [0.1, 0.15) is 16.9 Å². The number of ketones is 1. The summed E-state index contributed by atoms with van der Waals surface area (Å²) in [6.45, 7) is 6.68. The number of nitro benzene ring substituents is 1. The minimum atomic E-state index is -0.912. The van der Waals surface area contributed by atoms with Crippen molar-refractivity contribution in [3.63, 3.8) is 0 Å². The van der Waals surface area contributed by atoms with Gasteiger partial charge in [-0.05, 0) is 57.5 Å². The number of nitrogens with one attached hydrogen (secondary N) is 1. The Morgan fingerprint density at radius 1 is 1.11 bits per heavy atom. The van der Waals surface area contributed by atoms with E-state index in [-0.39, 0.29) is 30.1 Å². The first-order valence-corrected chi connectivity index (χ1v) is 11.5. The average Bonchev–Trinajstić information content (AvgIpc) is 3.26. The van der Waals surface area contributed by atoms with Gasteiger partial charge in [-0.15, -0.1) is 5.10 Å². The van der Waals surface area contributed by atoms with Gasteiger partial charge >= 0.3 is 12.1 Å². The van der Waals surface area contributed by atoms with Crippen molar-refractivity contribution in [1.29, 1.82) is 0 Å². The second kappa shape index (κ2) is 11.5. The maximum absolute atomic E-state index is 13.4. The number of esters is 1. The highest BCUT2D eigenvalue weighted by Gasteiger charge is 2.31. The highest BCUT2D eigenvalue weighted by molar-refractivity contribution is 6.14. The van der Waals surface area contributed by atoms with Crippen molar-refractivity contribution in [3.05, 3.63) is 75.1 Å². The first-order valence-electron chi connectivity index (χ1n) is 11.5. The fourth-order valence-electron chi connectivity index (χ4n) is 3.38. The normalized spacial score (nSPS) is 11.0. The SMILES string of the molecule is CCOC(=O)c1c(C(=O)c2ccc(NC(=O)OC(C)(C)C)cc2[N+](=O)[O-])nnn1Cc1ccc(OC)cc1. The van der Waals surface area contributed by atoms with Gasteiger partial charge < -0.3 is 14.2 Å². The standard InChI is InChI=1S/C25H27N5O8/c1-6-37-23(32)21-20(27-28-29(21)14-15-7-10-17(36-5)11-8-15)22(31)18-12-9-16(13-19(18)30(34)35)26-24(33)38-25(2,3)4/h7-13H,6,14H2,1-5H3,(H,26,33). The van der Waals surface area contributed by atoms with E-state index in [9.17, 15) is 24.5 Å². The summed E-state index contributed by atoms with van der Waals surface area (Å²) < 4.78 is 16.6. The summed E-state index contributed by atoms with van der Waals surface area (Å²) in [5.41, 5.74) is -1.65. The second-order valence-electron chi connectivity index (χ2n) is 8.96. The van der Waals surface area contributed by atoms with Crippen LogP contribution in [-0.4, -0.2) is 57.1 Å². The molecule has 1 amide bonds. The van der Waals surface area contributed by atoms with Gasteiger partial charge in [-0.1, -0.05) is 17.3 Å². The average molecular weight is 526 g/mol. The number of aromatic nitrogens is 3. The predicted octanol–water partition coefficient (Wildman–Crippen LogP) is 4.00. The van der Waals surface area contributed by atoms with Crippen molar-refractivity contribution in [2.45, 2.75) is 39.8 Å². The number of benzene rings is 2. The Balaban J connectivity index is 1.98. The number of methoxy groups -OCH3 is 1. The Morgan fingerprint density at radius 2 is 1.79 bits per heavy atom. The fraction of sp³-hybridized carbons (Fsp3) is 0.320. The number of carbonyl (C=O) groups excluding carboxylic acids is 3. The van der Waals surface area contributed by atoms with E-state index in [1.54, 1.807) is 52.0 Å².